The van der Waals surface area contributed by atoms with E-state index in [0.29, 0.717) is 18.8 Å². The molecule has 0 fully saturated rings. The number of rotatable bonds is 8. The van der Waals surface area contributed by atoms with Crippen LogP contribution in [-0.2, 0) is 27.7 Å². The van der Waals surface area contributed by atoms with E-state index < -0.39 is 9.84 Å². The van der Waals surface area contributed by atoms with Crippen molar-refractivity contribution >= 4 is 15.7 Å². The van der Waals surface area contributed by atoms with Crippen LogP contribution in [0.15, 0.2) is 59.5 Å². The number of ether oxygens (including phenoxy) is 1. The standard InChI is InChI=1S/C22H25N3O4S/c1-16-21(17(2)25(24-16)14-18-8-5-4-6-9-18)13-23-22(26)15-29-19-10-7-11-20(12-19)30(3,27)28/h4-12H,13-15H2,1-3H3,(H,23,26). The Morgan fingerprint density at radius 1 is 1.10 bits per heavy atom. The second kappa shape index (κ2) is 9.13. The molecular formula is C22H25N3O4S. The Morgan fingerprint density at radius 3 is 2.53 bits per heavy atom. The van der Waals surface area contributed by atoms with Gasteiger partial charge in [0.1, 0.15) is 5.75 Å². The summed E-state index contributed by atoms with van der Waals surface area (Å²) in [5.41, 5.74) is 3.99. The zero-order valence-corrected chi connectivity index (χ0v) is 18.1. The van der Waals surface area contributed by atoms with Crippen LogP contribution in [0.4, 0.5) is 0 Å². The van der Waals surface area contributed by atoms with Crippen molar-refractivity contribution in [3.8, 4) is 5.75 Å². The van der Waals surface area contributed by atoms with Crippen LogP contribution >= 0.6 is 0 Å². The van der Waals surface area contributed by atoms with E-state index in [0.717, 1.165) is 28.8 Å². The van der Waals surface area contributed by atoms with E-state index in [1.54, 1.807) is 12.1 Å². The van der Waals surface area contributed by atoms with Gasteiger partial charge >= 0.3 is 0 Å². The number of aromatic nitrogens is 2. The van der Waals surface area contributed by atoms with Gasteiger partial charge in [-0.25, -0.2) is 8.42 Å². The summed E-state index contributed by atoms with van der Waals surface area (Å²) in [5.74, 6) is 0.0329. The van der Waals surface area contributed by atoms with E-state index in [2.05, 4.69) is 10.4 Å². The zero-order valence-electron chi connectivity index (χ0n) is 17.3. The second-order valence-electron chi connectivity index (χ2n) is 7.11. The van der Waals surface area contributed by atoms with Crippen LogP contribution in [-0.4, -0.2) is 37.0 Å². The molecule has 0 bridgehead atoms. The maximum atomic E-state index is 12.2. The Morgan fingerprint density at radius 2 is 1.83 bits per heavy atom. The smallest absolute Gasteiger partial charge is 0.258 e. The van der Waals surface area contributed by atoms with Gasteiger partial charge in [0.25, 0.3) is 5.91 Å². The quantitative estimate of drug-likeness (QED) is 0.597. The minimum Gasteiger partial charge on any atom is -0.484 e. The van der Waals surface area contributed by atoms with Gasteiger partial charge in [0.2, 0.25) is 0 Å². The molecule has 30 heavy (non-hydrogen) atoms. The minimum atomic E-state index is -3.33. The fourth-order valence-corrected chi connectivity index (χ4v) is 3.74. The first kappa shape index (κ1) is 21.6. The molecule has 158 valence electrons. The van der Waals surface area contributed by atoms with Gasteiger partial charge in [0.05, 0.1) is 17.1 Å². The summed E-state index contributed by atoms with van der Waals surface area (Å²) in [4.78, 5) is 12.4. The number of sulfone groups is 1. The molecule has 0 unspecified atom stereocenters. The molecule has 7 nitrogen and oxygen atoms in total. The monoisotopic (exact) mass is 427 g/mol. The van der Waals surface area contributed by atoms with Gasteiger partial charge in [-0.1, -0.05) is 36.4 Å². The number of nitrogens with one attached hydrogen (secondary N) is 1. The van der Waals surface area contributed by atoms with Crippen molar-refractivity contribution in [2.24, 2.45) is 0 Å². The molecule has 0 aliphatic rings. The lowest BCUT2D eigenvalue weighted by Gasteiger charge is -2.09. The molecule has 0 aliphatic heterocycles. The first-order valence-electron chi connectivity index (χ1n) is 9.50. The molecule has 0 saturated carbocycles. The van der Waals surface area contributed by atoms with Gasteiger partial charge in [-0.2, -0.15) is 5.10 Å². The molecule has 1 heterocycles. The number of carbonyl (C=O) groups is 1. The van der Waals surface area contributed by atoms with Crippen LogP contribution in [0.5, 0.6) is 5.75 Å². The van der Waals surface area contributed by atoms with E-state index in [9.17, 15) is 13.2 Å². The van der Waals surface area contributed by atoms with Crippen molar-refractivity contribution < 1.29 is 17.9 Å². The molecule has 0 spiro atoms. The zero-order chi connectivity index (χ0) is 21.7. The van der Waals surface area contributed by atoms with Crippen LogP contribution in [0.2, 0.25) is 0 Å². The van der Waals surface area contributed by atoms with E-state index >= 15 is 0 Å². The van der Waals surface area contributed by atoms with E-state index in [1.807, 2.05) is 48.9 Å². The number of hydrogen-bond donors (Lipinski definition) is 1. The summed E-state index contributed by atoms with van der Waals surface area (Å²) in [7, 11) is -3.33. The summed E-state index contributed by atoms with van der Waals surface area (Å²) in [6, 6.07) is 16.2. The molecule has 2 aromatic carbocycles. The third kappa shape index (κ3) is 5.48. The van der Waals surface area contributed by atoms with Gasteiger partial charge in [-0.3, -0.25) is 9.48 Å². The van der Waals surface area contributed by atoms with Gasteiger partial charge < -0.3 is 10.1 Å². The Balaban J connectivity index is 1.57. The normalized spacial score (nSPS) is 11.3. The van der Waals surface area contributed by atoms with Crippen LogP contribution in [0.1, 0.15) is 22.5 Å². The lowest BCUT2D eigenvalue weighted by Crippen LogP contribution is -2.28. The number of carbonyl (C=O) groups excluding carboxylic acids is 1. The molecule has 3 aromatic rings. The first-order valence-corrected chi connectivity index (χ1v) is 11.4. The highest BCUT2D eigenvalue weighted by atomic mass is 32.2. The summed E-state index contributed by atoms with van der Waals surface area (Å²) in [6.45, 7) is 4.71. The van der Waals surface area contributed by atoms with Crippen molar-refractivity contribution in [1.82, 2.24) is 15.1 Å². The number of aryl methyl sites for hydroxylation is 1. The lowest BCUT2D eigenvalue weighted by atomic mass is 10.2. The van der Waals surface area contributed by atoms with Crippen molar-refractivity contribution in [3.05, 3.63) is 77.1 Å². The predicted molar refractivity (Wildman–Crippen MR) is 114 cm³/mol. The molecule has 1 aromatic heterocycles. The lowest BCUT2D eigenvalue weighted by molar-refractivity contribution is -0.123. The number of benzene rings is 2. The molecule has 1 N–H and O–H groups in total. The van der Waals surface area contributed by atoms with E-state index in [1.165, 1.54) is 12.1 Å². The van der Waals surface area contributed by atoms with Gasteiger partial charge in [-0.05, 0) is 37.6 Å². The van der Waals surface area contributed by atoms with Crippen molar-refractivity contribution in [2.75, 3.05) is 12.9 Å². The Labute approximate surface area is 176 Å². The third-order valence-electron chi connectivity index (χ3n) is 4.77. The van der Waals surface area contributed by atoms with E-state index in [-0.39, 0.29) is 17.4 Å². The molecule has 0 saturated heterocycles. The van der Waals surface area contributed by atoms with Gasteiger partial charge in [0, 0.05) is 24.1 Å². The summed E-state index contributed by atoms with van der Waals surface area (Å²) >= 11 is 0. The molecular weight excluding hydrogens is 402 g/mol. The maximum Gasteiger partial charge on any atom is 0.258 e. The number of amides is 1. The summed E-state index contributed by atoms with van der Waals surface area (Å²) in [6.07, 6.45) is 1.13. The van der Waals surface area contributed by atoms with Crippen molar-refractivity contribution in [2.45, 2.75) is 31.8 Å². The highest BCUT2D eigenvalue weighted by Crippen LogP contribution is 2.17. The van der Waals surface area contributed by atoms with Crippen LogP contribution < -0.4 is 10.1 Å². The molecule has 1 amide bonds. The third-order valence-corrected chi connectivity index (χ3v) is 5.88. The number of nitrogens with zero attached hydrogens (tertiary/aromatic N) is 2. The molecule has 0 atom stereocenters. The second-order valence-corrected chi connectivity index (χ2v) is 9.12. The molecule has 0 aliphatic carbocycles. The molecule has 0 radical (unpaired) electrons. The topological polar surface area (TPSA) is 90.3 Å². The fourth-order valence-electron chi connectivity index (χ4n) is 3.08. The Bertz CT molecular complexity index is 1140. The summed E-state index contributed by atoms with van der Waals surface area (Å²) in [5, 5.41) is 7.42. The molecule has 3 rings (SSSR count). The Hall–Kier alpha value is -3.13. The van der Waals surface area contributed by atoms with Gasteiger partial charge in [0.15, 0.2) is 16.4 Å². The average molecular weight is 428 g/mol. The van der Waals surface area contributed by atoms with Crippen LogP contribution in [0.3, 0.4) is 0 Å². The number of hydrogen-bond acceptors (Lipinski definition) is 5. The highest BCUT2D eigenvalue weighted by molar-refractivity contribution is 7.90. The maximum absolute atomic E-state index is 12.2. The molecule has 8 heteroatoms. The van der Waals surface area contributed by atoms with Crippen LogP contribution in [0, 0.1) is 13.8 Å². The largest absolute Gasteiger partial charge is 0.484 e. The summed E-state index contributed by atoms with van der Waals surface area (Å²) < 4.78 is 30.6. The van der Waals surface area contributed by atoms with Crippen molar-refractivity contribution in [3.63, 3.8) is 0 Å². The highest BCUT2D eigenvalue weighted by Gasteiger charge is 2.14. The average Bonchev–Trinajstić information content (AvgIpc) is 2.98. The first-order chi connectivity index (χ1) is 14.2. The fraction of sp³-hybridized carbons (Fsp3) is 0.273. The minimum absolute atomic E-state index is 0.150. The predicted octanol–water partition coefficient (Wildman–Crippen LogP) is 2.65. The SMILES string of the molecule is Cc1nn(Cc2ccccc2)c(C)c1CNC(=O)COc1cccc(S(C)(=O)=O)c1. The van der Waals surface area contributed by atoms with Crippen LogP contribution in [0.25, 0.3) is 0 Å². The van der Waals surface area contributed by atoms with Gasteiger partial charge in [-0.15, -0.1) is 0 Å². The van der Waals surface area contributed by atoms with Crippen molar-refractivity contribution in [1.29, 1.82) is 0 Å². The Kier molecular flexibility index (Phi) is 6.56. The van der Waals surface area contributed by atoms with E-state index in [4.69, 9.17) is 4.74 Å².